The number of rotatable bonds is 4. The molecular weight excluding hydrogens is 222 g/mol. The molecule has 0 heterocycles. The van der Waals surface area contributed by atoms with Crippen LogP contribution in [0.4, 0.5) is 0 Å². The number of hydrogen-bond acceptors (Lipinski definition) is 3. The van der Waals surface area contributed by atoms with Gasteiger partial charge >= 0.3 is 0 Å². The molecular formula is C12H25NO2S. The van der Waals surface area contributed by atoms with E-state index in [2.05, 4.69) is 5.32 Å². The van der Waals surface area contributed by atoms with Gasteiger partial charge in [0.1, 0.15) is 0 Å². The molecule has 0 atom stereocenters. The Bertz CT molecular complexity index is 301. The van der Waals surface area contributed by atoms with Crippen molar-refractivity contribution in [2.75, 3.05) is 12.8 Å². The first kappa shape index (κ1) is 14.0. The fourth-order valence-corrected chi connectivity index (χ4v) is 2.35. The number of nitrogens with one attached hydrogen (secondary N) is 1. The van der Waals surface area contributed by atoms with Crippen LogP contribution in [0.2, 0.25) is 0 Å². The highest BCUT2D eigenvalue weighted by Gasteiger charge is 2.30. The minimum Gasteiger partial charge on any atom is -0.312 e. The standard InChI is InChI=1S/C12H25NO2S/c1-12(2,16(3,14)15)10-13-11-8-6-4-5-7-9-11/h11,13H,4-10H2,1-3H3. The molecule has 96 valence electrons. The predicted molar refractivity (Wildman–Crippen MR) is 68.4 cm³/mol. The van der Waals surface area contributed by atoms with E-state index >= 15 is 0 Å². The molecule has 0 aromatic carbocycles. The summed E-state index contributed by atoms with van der Waals surface area (Å²) >= 11 is 0. The Morgan fingerprint density at radius 1 is 1.12 bits per heavy atom. The largest absolute Gasteiger partial charge is 0.312 e. The van der Waals surface area contributed by atoms with Gasteiger partial charge in [-0.25, -0.2) is 8.42 Å². The lowest BCUT2D eigenvalue weighted by atomic mass is 10.1. The van der Waals surface area contributed by atoms with E-state index in [4.69, 9.17) is 0 Å². The van der Waals surface area contributed by atoms with Crippen molar-refractivity contribution >= 4 is 9.84 Å². The summed E-state index contributed by atoms with van der Waals surface area (Å²) in [6.07, 6.45) is 8.91. The van der Waals surface area contributed by atoms with Crippen LogP contribution < -0.4 is 5.32 Å². The highest BCUT2D eigenvalue weighted by atomic mass is 32.2. The summed E-state index contributed by atoms with van der Waals surface area (Å²) in [5.74, 6) is 0. The third-order valence-corrected chi connectivity index (χ3v) is 5.83. The number of sulfone groups is 1. The molecule has 3 nitrogen and oxygen atoms in total. The van der Waals surface area contributed by atoms with Gasteiger partial charge in [0.15, 0.2) is 9.84 Å². The molecule has 1 fully saturated rings. The summed E-state index contributed by atoms with van der Waals surface area (Å²) in [6, 6.07) is 0.517. The molecule has 0 amide bonds. The van der Waals surface area contributed by atoms with Crippen molar-refractivity contribution in [1.82, 2.24) is 5.32 Å². The lowest BCUT2D eigenvalue weighted by Crippen LogP contribution is -2.45. The van der Waals surface area contributed by atoms with Crippen LogP contribution in [0.15, 0.2) is 0 Å². The summed E-state index contributed by atoms with van der Waals surface area (Å²) in [4.78, 5) is 0. The summed E-state index contributed by atoms with van der Waals surface area (Å²) in [5, 5.41) is 3.43. The first-order valence-corrected chi connectivity index (χ1v) is 8.15. The Morgan fingerprint density at radius 3 is 2.06 bits per heavy atom. The number of hydrogen-bond donors (Lipinski definition) is 1. The van der Waals surface area contributed by atoms with Crippen molar-refractivity contribution in [2.45, 2.75) is 63.2 Å². The molecule has 0 radical (unpaired) electrons. The van der Waals surface area contributed by atoms with Crippen molar-refractivity contribution in [2.24, 2.45) is 0 Å². The molecule has 0 aromatic rings. The molecule has 16 heavy (non-hydrogen) atoms. The summed E-state index contributed by atoms with van der Waals surface area (Å²) in [7, 11) is -2.97. The van der Waals surface area contributed by atoms with Crippen LogP contribution in [0.25, 0.3) is 0 Å². The molecule has 1 aliphatic rings. The van der Waals surface area contributed by atoms with E-state index in [0.717, 1.165) is 0 Å². The second-order valence-electron chi connectivity index (χ2n) is 5.60. The normalized spacial score (nSPS) is 20.7. The minimum absolute atomic E-state index is 0.517. The third kappa shape index (κ3) is 4.06. The maximum Gasteiger partial charge on any atom is 0.153 e. The van der Waals surface area contributed by atoms with Crippen LogP contribution >= 0.6 is 0 Å². The van der Waals surface area contributed by atoms with Gasteiger partial charge < -0.3 is 5.32 Å². The van der Waals surface area contributed by atoms with E-state index in [1.165, 1.54) is 44.8 Å². The Balaban J connectivity index is 2.44. The molecule has 0 spiro atoms. The lowest BCUT2D eigenvalue weighted by Gasteiger charge is -2.26. The molecule has 1 rings (SSSR count). The Hall–Kier alpha value is -0.0900. The van der Waals surface area contributed by atoms with Crippen LogP contribution in [-0.4, -0.2) is 32.0 Å². The van der Waals surface area contributed by atoms with Crippen molar-refractivity contribution < 1.29 is 8.42 Å². The van der Waals surface area contributed by atoms with E-state index in [9.17, 15) is 8.42 Å². The molecule has 0 aliphatic heterocycles. The molecule has 0 bridgehead atoms. The van der Waals surface area contributed by atoms with Gasteiger partial charge in [-0.05, 0) is 26.7 Å². The zero-order valence-corrected chi connectivity index (χ0v) is 11.6. The van der Waals surface area contributed by atoms with Crippen LogP contribution in [0, 0.1) is 0 Å². The smallest absolute Gasteiger partial charge is 0.153 e. The average Bonchev–Trinajstić information content (AvgIpc) is 2.41. The van der Waals surface area contributed by atoms with Crippen molar-refractivity contribution in [3.63, 3.8) is 0 Å². The Labute approximate surface area is 99.9 Å². The van der Waals surface area contributed by atoms with E-state index in [1.54, 1.807) is 13.8 Å². The summed E-state index contributed by atoms with van der Waals surface area (Å²) in [5.41, 5.74) is 0. The van der Waals surface area contributed by atoms with Gasteiger partial charge in [-0.3, -0.25) is 0 Å². The topological polar surface area (TPSA) is 46.2 Å². The quantitative estimate of drug-likeness (QED) is 0.774. The van der Waals surface area contributed by atoms with Gasteiger partial charge in [0.25, 0.3) is 0 Å². The van der Waals surface area contributed by atoms with Crippen LogP contribution in [-0.2, 0) is 9.84 Å². The highest BCUT2D eigenvalue weighted by molar-refractivity contribution is 7.92. The van der Waals surface area contributed by atoms with E-state index in [0.29, 0.717) is 12.6 Å². The monoisotopic (exact) mass is 247 g/mol. The molecule has 4 heteroatoms. The van der Waals surface area contributed by atoms with E-state index < -0.39 is 14.6 Å². The second-order valence-corrected chi connectivity index (χ2v) is 8.25. The Morgan fingerprint density at radius 2 is 1.62 bits per heavy atom. The molecule has 1 aliphatic carbocycles. The van der Waals surface area contributed by atoms with E-state index in [-0.39, 0.29) is 0 Å². The zero-order valence-electron chi connectivity index (χ0n) is 10.8. The van der Waals surface area contributed by atoms with Crippen molar-refractivity contribution in [3.8, 4) is 0 Å². The van der Waals surface area contributed by atoms with Gasteiger partial charge in [0.2, 0.25) is 0 Å². The predicted octanol–water partition coefficient (Wildman–Crippen LogP) is 2.12. The van der Waals surface area contributed by atoms with Crippen LogP contribution in [0.1, 0.15) is 52.4 Å². The third-order valence-electron chi connectivity index (χ3n) is 3.68. The SMILES string of the molecule is CC(C)(CNC1CCCCCC1)S(C)(=O)=O. The van der Waals surface area contributed by atoms with E-state index in [1.807, 2.05) is 0 Å². The van der Waals surface area contributed by atoms with Gasteiger partial charge in [-0.2, -0.15) is 0 Å². The molecule has 0 aromatic heterocycles. The first-order valence-electron chi connectivity index (χ1n) is 6.26. The first-order chi connectivity index (χ1) is 7.33. The van der Waals surface area contributed by atoms with Crippen molar-refractivity contribution in [3.05, 3.63) is 0 Å². The average molecular weight is 247 g/mol. The lowest BCUT2D eigenvalue weighted by molar-refractivity contribution is 0.428. The fourth-order valence-electron chi connectivity index (χ4n) is 2.00. The molecule has 1 saturated carbocycles. The van der Waals surface area contributed by atoms with Gasteiger partial charge in [-0.15, -0.1) is 0 Å². The van der Waals surface area contributed by atoms with Crippen LogP contribution in [0.5, 0.6) is 0 Å². The second kappa shape index (κ2) is 5.50. The summed E-state index contributed by atoms with van der Waals surface area (Å²) < 4.78 is 22.5. The Kier molecular flexibility index (Phi) is 4.80. The molecule has 0 saturated heterocycles. The minimum atomic E-state index is -2.97. The van der Waals surface area contributed by atoms with Gasteiger partial charge in [0.05, 0.1) is 4.75 Å². The van der Waals surface area contributed by atoms with Gasteiger partial charge in [-0.1, -0.05) is 25.7 Å². The maximum absolute atomic E-state index is 11.6. The van der Waals surface area contributed by atoms with Gasteiger partial charge in [0, 0.05) is 18.8 Å². The zero-order chi connectivity index (χ0) is 12.2. The molecule has 1 N–H and O–H groups in total. The highest BCUT2D eigenvalue weighted by Crippen LogP contribution is 2.19. The maximum atomic E-state index is 11.6. The summed E-state index contributed by atoms with van der Waals surface area (Å²) in [6.45, 7) is 4.16. The molecule has 0 unspecified atom stereocenters. The fraction of sp³-hybridized carbons (Fsp3) is 1.00. The van der Waals surface area contributed by atoms with Crippen molar-refractivity contribution in [1.29, 1.82) is 0 Å². The van der Waals surface area contributed by atoms with Crippen LogP contribution in [0.3, 0.4) is 0 Å².